The van der Waals surface area contributed by atoms with Crippen molar-refractivity contribution in [1.29, 1.82) is 0 Å². The minimum absolute atomic E-state index is 0.353. The monoisotopic (exact) mass is 239 g/mol. The van der Waals surface area contributed by atoms with Crippen LogP contribution in [0.1, 0.15) is 12.0 Å². The number of anilines is 1. The average Bonchev–Trinajstić information content (AvgIpc) is 1.99. The number of nitrogen functional groups attached to an aromatic ring is 1. The maximum absolute atomic E-state index is 12.4. The number of hydrogen-bond acceptors (Lipinski definition) is 4. The van der Waals surface area contributed by atoms with Crippen LogP contribution in [-0.4, -0.2) is 13.4 Å². The van der Waals surface area contributed by atoms with Gasteiger partial charge in [-0.1, -0.05) is 0 Å². The summed E-state index contributed by atoms with van der Waals surface area (Å²) in [6.07, 6.45) is -3.25. The second-order valence-electron chi connectivity index (χ2n) is 2.68. The first-order valence-electron chi connectivity index (χ1n) is 3.57. The van der Waals surface area contributed by atoms with Crippen LogP contribution in [0.4, 0.5) is 14.6 Å². The van der Waals surface area contributed by atoms with Crippen LogP contribution in [0.5, 0.6) is 0 Å². The lowest BCUT2D eigenvalue weighted by molar-refractivity contribution is 0.146. The lowest BCUT2D eigenvalue weighted by Crippen LogP contribution is -2.23. The largest absolute Gasteiger partial charge is 0.385 e. The zero-order valence-corrected chi connectivity index (χ0v) is 8.01. The first-order chi connectivity index (χ1) is 6.73. The van der Waals surface area contributed by atoms with Crippen LogP contribution in [0, 0.1) is 0 Å². The van der Waals surface area contributed by atoms with Gasteiger partial charge < -0.3 is 10.7 Å². The van der Waals surface area contributed by atoms with E-state index >= 15 is 0 Å². The number of H-pyrrole nitrogens is 1. The zero-order chi connectivity index (χ0) is 11.8. The molecule has 1 heterocycles. The summed E-state index contributed by atoms with van der Waals surface area (Å²) < 4.78 is 46.5. The van der Waals surface area contributed by atoms with Gasteiger partial charge in [0.15, 0.2) is 0 Å². The number of rotatable bonds is 2. The predicted octanol–water partition coefficient (Wildman–Crippen LogP) is -0.458. The molecule has 0 amide bonds. The third-order valence-corrected chi connectivity index (χ3v) is 2.53. The average molecular weight is 239 g/mol. The lowest BCUT2D eigenvalue weighted by Gasteiger charge is -2.06. The van der Waals surface area contributed by atoms with Crippen LogP contribution in [-0.2, 0) is 10.0 Å². The number of nitrogens with one attached hydrogen (secondary N) is 1. The molecule has 84 valence electrons. The zero-order valence-electron chi connectivity index (χ0n) is 7.20. The Bertz CT molecular complexity index is 537. The number of sulfonamides is 1. The fourth-order valence-electron chi connectivity index (χ4n) is 1.01. The molecule has 5 N–H and O–H groups in total. The smallest absolute Gasteiger partial charge is 0.270 e. The minimum atomic E-state index is -4.40. The summed E-state index contributed by atoms with van der Waals surface area (Å²) >= 11 is 0. The van der Waals surface area contributed by atoms with Gasteiger partial charge in [-0.15, -0.1) is 0 Å². The standard InChI is InChI=1S/C6H7F2N3O3S/c7-5(8)4-2(15(10,13)14)1-3(9)11-6(4)12/h1,5H,(H3,9,11,12)(H2,10,13,14). The van der Waals surface area contributed by atoms with Crippen molar-refractivity contribution in [3.05, 3.63) is 22.0 Å². The molecule has 0 saturated carbocycles. The highest BCUT2D eigenvalue weighted by molar-refractivity contribution is 7.89. The van der Waals surface area contributed by atoms with E-state index in [-0.39, 0.29) is 5.82 Å². The first-order valence-corrected chi connectivity index (χ1v) is 5.11. The molecule has 0 atom stereocenters. The van der Waals surface area contributed by atoms with Gasteiger partial charge in [0.1, 0.15) is 11.4 Å². The van der Waals surface area contributed by atoms with Gasteiger partial charge in [-0.2, -0.15) is 0 Å². The number of nitrogens with two attached hydrogens (primary N) is 2. The van der Waals surface area contributed by atoms with Crippen molar-refractivity contribution >= 4 is 15.8 Å². The Hall–Kier alpha value is -1.48. The van der Waals surface area contributed by atoms with Gasteiger partial charge in [0.05, 0.1) is 4.90 Å². The van der Waals surface area contributed by atoms with Crippen LogP contribution < -0.4 is 16.4 Å². The molecule has 0 unspecified atom stereocenters. The predicted molar refractivity (Wildman–Crippen MR) is 47.8 cm³/mol. The van der Waals surface area contributed by atoms with E-state index in [0.717, 1.165) is 0 Å². The Morgan fingerprint density at radius 2 is 1.93 bits per heavy atom. The minimum Gasteiger partial charge on any atom is -0.385 e. The van der Waals surface area contributed by atoms with E-state index in [1.54, 1.807) is 0 Å². The SMILES string of the molecule is Nc1cc(S(N)(=O)=O)c(C(F)F)c(=O)[nH]1. The molecular weight excluding hydrogens is 232 g/mol. The maximum atomic E-state index is 12.4. The molecular formula is C6H7F2N3O3S. The molecule has 1 rings (SSSR count). The van der Waals surface area contributed by atoms with Gasteiger partial charge >= 0.3 is 0 Å². The molecule has 1 aromatic heterocycles. The molecule has 0 aromatic carbocycles. The molecule has 0 aliphatic carbocycles. The highest BCUT2D eigenvalue weighted by Crippen LogP contribution is 2.22. The molecule has 15 heavy (non-hydrogen) atoms. The number of primary sulfonamides is 1. The normalized spacial score (nSPS) is 12.0. The fraction of sp³-hybridized carbons (Fsp3) is 0.167. The van der Waals surface area contributed by atoms with Crippen LogP contribution in [0.3, 0.4) is 0 Å². The van der Waals surface area contributed by atoms with Crippen LogP contribution in [0.2, 0.25) is 0 Å². The van der Waals surface area contributed by atoms with Gasteiger partial charge in [0.25, 0.3) is 12.0 Å². The van der Waals surface area contributed by atoms with Gasteiger partial charge in [-0.25, -0.2) is 22.3 Å². The maximum Gasteiger partial charge on any atom is 0.270 e. The highest BCUT2D eigenvalue weighted by atomic mass is 32.2. The van der Waals surface area contributed by atoms with E-state index < -0.39 is 32.5 Å². The number of aromatic nitrogens is 1. The number of hydrogen-bond donors (Lipinski definition) is 3. The number of halogens is 2. The van der Waals surface area contributed by atoms with Crippen molar-refractivity contribution in [1.82, 2.24) is 4.98 Å². The van der Waals surface area contributed by atoms with E-state index in [0.29, 0.717) is 6.07 Å². The third kappa shape index (κ3) is 2.30. The second kappa shape index (κ2) is 3.59. The van der Waals surface area contributed by atoms with Gasteiger partial charge in [0, 0.05) is 0 Å². The number of alkyl halides is 2. The van der Waals surface area contributed by atoms with E-state index in [9.17, 15) is 22.0 Å². The third-order valence-electron chi connectivity index (χ3n) is 1.58. The molecule has 0 spiro atoms. The summed E-state index contributed by atoms with van der Waals surface area (Å²) in [7, 11) is -4.40. The Balaban J connectivity index is 3.70. The fourth-order valence-corrected chi connectivity index (χ4v) is 1.79. The van der Waals surface area contributed by atoms with Crippen molar-refractivity contribution in [2.24, 2.45) is 5.14 Å². The molecule has 0 aliphatic rings. The van der Waals surface area contributed by atoms with E-state index in [4.69, 9.17) is 5.73 Å². The molecule has 0 saturated heterocycles. The van der Waals surface area contributed by atoms with Crippen LogP contribution in [0.15, 0.2) is 15.8 Å². The number of aromatic amines is 1. The Labute approximate surface area is 82.9 Å². The first kappa shape index (κ1) is 11.6. The van der Waals surface area contributed by atoms with Crippen molar-refractivity contribution in [2.45, 2.75) is 11.3 Å². The topological polar surface area (TPSA) is 119 Å². The van der Waals surface area contributed by atoms with E-state index in [2.05, 4.69) is 5.14 Å². The summed E-state index contributed by atoms with van der Waals surface area (Å²) in [6.45, 7) is 0. The molecule has 1 aromatic rings. The van der Waals surface area contributed by atoms with Crippen molar-refractivity contribution in [2.75, 3.05) is 5.73 Å². The van der Waals surface area contributed by atoms with Crippen molar-refractivity contribution < 1.29 is 17.2 Å². The quantitative estimate of drug-likeness (QED) is 0.647. The molecule has 0 bridgehead atoms. The van der Waals surface area contributed by atoms with Crippen molar-refractivity contribution in [3.63, 3.8) is 0 Å². The van der Waals surface area contributed by atoms with Gasteiger partial charge in [-0.05, 0) is 6.07 Å². The van der Waals surface area contributed by atoms with Crippen molar-refractivity contribution in [3.8, 4) is 0 Å². The summed E-state index contributed by atoms with van der Waals surface area (Å²) in [4.78, 5) is 11.9. The van der Waals surface area contributed by atoms with E-state index in [1.807, 2.05) is 4.98 Å². The molecule has 6 nitrogen and oxygen atoms in total. The van der Waals surface area contributed by atoms with Gasteiger partial charge in [0.2, 0.25) is 10.0 Å². The van der Waals surface area contributed by atoms with Crippen LogP contribution in [0.25, 0.3) is 0 Å². The summed E-state index contributed by atoms with van der Waals surface area (Å²) in [6, 6.07) is 0.679. The summed E-state index contributed by atoms with van der Waals surface area (Å²) in [5, 5.41) is 4.66. The lowest BCUT2D eigenvalue weighted by atomic mass is 10.3. The Morgan fingerprint density at radius 1 is 1.40 bits per heavy atom. The van der Waals surface area contributed by atoms with Crippen LogP contribution >= 0.6 is 0 Å². The molecule has 0 radical (unpaired) electrons. The Morgan fingerprint density at radius 3 is 2.33 bits per heavy atom. The Kier molecular flexibility index (Phi) is 2.77. The molecule has 0 aliphatic heterocycles. The highest BCUT2D eigenvalue weighted by Gasteiger charge is 2.24. The number of pyridine rings is 1. The van der Waals surface area contributed by atoms with E-state index in [1.165, 1.54) is 0 Å². The molecule has 9 heteroatoms. The molecule has 0 fully saturated rings. The second-order valence-corrected chi connectivity index (χ2v) is 4.21. The van der Waals surface area contributed by atoms with Gasteiger partial charge in [-0.3, -0.25) is 4.79 Å². The summed E-state index contributed by atoms with van der Waals surface area (Å²) in [5.74, 6) is -0.353. The summed E-state index contributed by atoms with van der Waals surface area (Å²) in [5.41, 5.74) is 2.63.